The van der Waals surface area contributed by atoms with Gasteiger partial charge in [-0.05, 0) is 49.6 Å². The highest BCUT2D eigenvalue weighted by atomic mass is 35.5. The number of aryl methyl sites for hydroxylation is 1. The summed E-state index contributed by atoms with van der Waals surface area (Å²) in [5, 5.41) is 13.2. The second kappa shape index (κ2) is 8.83. The first-order valence-corrected chi connectivity index (χ1v) is 12.4. The van der Waals surface area contributed by atoms with E-state index in [-0.39, 0.29) is 6.04 Å². The molecule has 6 rings (SSSR count). The van der Waals surface area contributed by atoms with Gasteiger partial charge < -0.3 is 15.4 Å². The number of rotatable bonds is 5. The first-order chi connectivity index (χ1) is 16.7. The maximum atomic E-state index is 6.48. The second-order valence-electron chi connectivity index (χ2n) is 8.28. The lowest BCUT2D eigenvalue weighted by Gasteiger charge is -2.22. The van der Waals surface area contributed by atoms with Gasteiger partial charge in [0, 0.05) is 25.1 Å². The van der Waals surface area contributed by atoms with Gasteiger partial charge in [0.05, 0.1) is 37.9 Å². The van der Waals surface area contributed by atoms with Crippen molar-refractivity contribution in [3.8, 4) is 0 Å². The molecule has 2 aromatic carbocycles. The first kappa shape index (κ1) is 21.3. The van der Waals surface area contributed by atoms with Crippen molar-refractivity contribution in [3.05, 3.63) is 58.7 Å². The smallest absolute Gasteiger partial charge is 0.229 e. The van der Waals surface area contributed by atoms with E-state index >= 15 is 0 Å². The molecule has 1 saturated heterocycles. The zero-order valence-corrected chi connectivity index (χ0v) is 20.0. The van der Waals surface area contributed by atoms with Crippen LogP contribution in [0.3, 0.4) is 0 Å². The summed E-state index contributed by atoms with van der Waals surface area (Å²) in [6.07, 6.45) is 3.58. The predicted octanol–water partition coefficient (Wildman–Crippen LogP) is 6.24. The number of nitrogens with one attached hydrogen (secondary N) is 2. The number of hydrogen-bond donors (Lipinski definition) is 2. The van der Waals surface area contributed by atoms with Crippen molar-refractivity contribution < 1.29 is 4.74 Å². The molecule has 5 aromatic rings. The molecular formula is C24H22ClN7OS. The number of halogens is 1. The molecule has 34 heavy (non-hydrogen) atoms. The molecule has 1 fully saturated rings. The van der Waals surface area contributed by atoms with Crippen LogP contribution in [0.15, 0.2) is 48.1 Å². The summed E-state index contributed by atoms with van der Waals surface area (Å²) in [7, 11) is 0. The molecule has 0 bridgehead atoms. The summed E-state index contributed by atoms with van der Waals surface area (Å²) < 4.78 is 8.72. The van der Waals surface area contributed by atoms with Crippen LogP contribution in [0.25, 0.3) is 21.3 Å². The Kier molecular flexibility index (Phi) is 5.52. The van der Waals surface area contributed by atoms with E-state index in [0.717, 1.165) is 51.0 Å². The van der Waals surface area contributed by atoms with E-state index < -0.39 is 0 Å². The van der Waals surface area contributed by atoms with Crippen molar-refractivity contribution in [1.82, 2.24) is 24.7 Å². The SMILES string of the molecule is Cc1cccc(Cl)c1Nc1nn(C2CCOCC2)c2nc(Nc3ccc4scnc4c3)ncc12. The third kappa shape index (κ3) is 3.96. The van der Waals surface area contributed by atoms with Gasteiger partial charge in [-0.1, -0.05) is 23.7 Å². The van der Waals surface area contributed by atoms with Crippen molar-refractivity contribution in [2.45, 2.75) is 25.8 Å². The van der Waals surface area contributed by atoms with E-state index in [2.05, 4.69) is 20.6 Å². The van der Waals surface area contributed by atoms with E-state index in [4.69, 9.17) is 26.4 Å². The third-order valence-corrected chi connectivity index (χ3v) is 7.16. The normalized spacial score (nSPS) is 14.6. The minimum atomic E-state index is 0.202. The quantitative estimate of drug-likeness (QED) is 0.301. The zero-order chi connectivity index (χ0) is 23.1. The minimum absolute atomic E-state index is 0.202. The second-order valence-corrected chi connectivity index (χ2v) is 9.58. The number of anilines is 4. The highest BCUT2D eigenvalue weighted by Gasteiger charge is 2.23. The van der Waals surface area contributed by atoms with Crippen LogP contribution in [0.2, 0.25) is 5.02 Å². The van der Waals surface area contributed by atoms with Crippen molar-refractivity contribution in [1.29, 1.82) is 0 Å². The average Bonchev–Trinajstić information content (AvgIpc) is 3.46. The Hall–Kier alpha value is -3.27. The number of thiazole rings is 1. The summed E-state index contributed by atoms with van der Waals surface area (Å²) in [5.74, 6) is 1.20. The molecular weight excluding hydrogens is 470 g/mol. The van der Waals surface area contributed by atoms with E-state index in [1.165, 1.54) is 0 Å². The minimum Gasteiger partial charge on any atom is -0.381 e. The summed E-state index contributed by atoms with van der Waals surface area (Å²) in [4.78, 5) is 13.8. The standard InChI is InChI=1S/C24H22ClN7OS/c1-14-3-2-4-18(25)21(14)29-22-17-12-26-24(28-15-5-6-20-19(11-15)27-13-34-20)30-23(17)32(31-22)16-7-9-33-10-8-16/h2-6,11-13,16H,7-10H2,1H3,(H,29,31)(H,26,28,30). The molecule has 0 amide bonds. The van der Waals surface area contributed by atoms with E-state index in [1.807, 2.05) is 59.7 Å². The van der Waals surface area contributed by atoms with Crippen molar-refractivity contribution in [2.75, 3.05) is 23.8 Å². The van der Waals surface area contributed by atoms with Crippen LogP contribution in [0.1, 0.15) is 24.4 Å². The highest BCUT2D eigenvalue weighted by molar-refractivity contribution is 7.16. The molecule has 0 aliphatic carbocycles. The Bertz CT molecular complexity index is 1470. The lowest BCUT2D eigenvalue weighted by atomic mass is 10.1. The molecule has 0 saturated carbocycles. The fraction of sp³-hybridized carbons (Fsp3) is 0.250. The lowest BCUT2D eigenvalue weighted by Crippen LogP contribution is -2.21. The fourth-order valence-corrected chi connectivity index (χ4v) is 5.16. The lowest BCUT2D eigenvalue weighted by molar-refractivity contribution is 0.0674. The van der Waals surface area contributed by atoms with Crippen molar-refractivity contribution >= 4 is 67.3 Å². The number of benzene rings is 2. The molecule has 1 aliphatic heterocycles. The van der Waals surface area contributed by atoms with Crippen LogP contribution >= 0.6 is 22.9 Å². The van der Waals surface area contributed by atoms with Crippen LogP contribution in [0, 0.1) is 6.92 Å². The molecule has 1 aliphatic rings. The van der Waals surface area contributed by atoms with Gasteiger partial charge in [0.25, 0.3) is 0 Å². The van der Waals surface area contributed by atoms with Crippen LogP contribution in [0.5, 0.6) is 0 Å². The van der Waals surface area contributed by atoms with E-state index in [1.54, 1.807) is 11.3 Å². The summed E-state index contributed by atoms with van der Waals surface area (Å²) in [5.41, 5.74) is 6.33. The first-order valence-electron chi connectivity index (χ1n) is 11.1. The molecule has 10 heteroatoms. The van der Waals surface area contributed by atoms with Gasteiger partial charge in [-0.25, -0.2) is 14.6 Å². The number of nitrogens with zero attached hydrogens (tertiary/aromatic N) is 5. The van der Waals surface area contributed by atoms with E-state index in [0.29, 0.717) is 30.0 Å². The molecule has 8 nitrogen and oxygen atoms in total. The van der Waals surface area contributed by atoms with Gasteiger partial charge in [-0.2, -0.15) is 10.1 Å². The zero-order valence-electron chi connectivity index (χ0n) is 18.5. The van der Waals surface area contributed by atoms with Crippen LogP contribution in [0.4, 0.5) is 23.1 Å². The number of para-hydroxylation sites is 1. The van der Waals surface area contributed by atoms with Gasteiger partial charge in [0.2, 0.25) is 5.95 Å². The van der Waals surface area contributed by atoms with Crippen LogP contribution in [-0.4, -0.2) is 37.9 Å². The monoisotopic (exact) mass is 491 g/mol. The molecule has 0 atom stereocenters. The summed E-state index contributed by atoms with van der Waals surface area (Å²) >= 11 is 8.09. The number of fused-ring (bicyclic) bond motifs is 2. The molecule has 3 aromatic heterocycles. The topological polar surface area (TPSA) is 89.8 Å². The molecule has 172 valence electrons. The molecule has 2 N–H and O–H groups in total. The third-order valence-electron chi connectivity index (χ3n) is 6.04. The van der Waals surface area contributed by atoms with Crippen LogP contribution in [-0.2, 0) is 4.74 Å². The van der Waals surface area contributed by atoms with E-state index in [9.17, 15) is 0 Å². The molecule has 0 unspecified atom stereocenters. The predicted molar refractivity (Wildman–Crippen MR) is 137 cm³/mol. The molecule has 0 spiro atoms. The average molecular weight is 492 g/mol. The molecule has 4 heterocycles. The van der Waals surface area contributed by atoms with Crippen LogP contribution < -0.4 is 10.6 Å². The van der Waals surface area contributed by atoms with Gasteiger partial charge in [-0.15, -0.1) is 11.3 Å². The summed E-state index contributed by atoms with van der Waals surface area (Å²) in [6.45, 7) is 3.44. The Morgan fingerprint density at radius 1 is 1.12 bits per heavy atom. The maximum Gasteiger partial charge on any atom is 0.229 e. The van der Waals surface area contributed by atoms with Crippen molar-refractivity contribution in [3.63, 3.8) is 0 Å². The largest absolute Gasteiger partial charge is 0.381 e. The Morgan fingerprint density at radius 2 is 2.00 bits per heavy atom. The number of aromatic nitrogens is 5. The number of ether oxygens (including phenoxy) is 1. The number of hydrogen-bond acceptors (Lipinski definition) is 8. The van der Waals surface area contributed by atoms with Gasteiger partial charge >= 0.3 is 0 Å². The van der Waals surface area contributed by atoms with Crippen molar-refractivity contribution in [2.24, 2.45) is 0 Å². The molecule has 0 radical (unpaired) electrons. The Labute approximate surface area is 205 Å². The highest BCUT2D eigenvalue weighted by Crippen LogP contribution is 2.34. The summed E-state index contributed by atoms with van der Waals surface area (Å²) in [6, 6.07) is 12.1. The maximum absolute atomic E-state index is 6.48. The fourth-order valence-electron chi connectivity index (χ4n) is 4.23. The Balaban J connectivity index is 1.41. The van der Waals surface area contributed by atoms with Gasteiger partial charge in [0.1, 0.15) is 0 Å². The van der Waals surface area contributed by atoms with Gasteiger partial charge in [0.15, 0.2) is 11.5 Å². The van der Waals surface area contributed by atoms with Gasteiger partial charge in [-0.3, -0.25) is 0 Å². The Morgan fingerprint density at radius 3 is 2.85 bits per heavy atom.